The maximum Gasteiger partial charge on any atom is 0.224 e. The number of aromatic nitrogens is 2. The van der Waals surface area contributed by atoms with Gasteiger partial charge in [0.05, 0.1) is 0 Å². The van der Waals surface area contributed by atoms with Crippen LogP contribution in [0.5, 0.6) is 0 Å². The third-order valence-electron chi connectivity index (χ3n) is 9.20. The summed E-state index contributed by atoms with van der Waals surface area (Å²) >= 11 is 0. The molecule has 1 amide bonds. The average Bonchev–Trinajstić information content (AvgIpc) is 3.25. The first-order valence-electron chi connectivity index (χ1n) is 15.4. The highest BCUT2D eigenvalue weighted by atomic mass is 35.5. The Kier molecular flexibility index (Phi) is 16.2. The van der Waals surface area contributed by atoms with Crippen molar-refractivity contribution >= 4 is 54.9 Å². The van der Waals surface area contributed by atoms with Crippen LogP contribution in [0.3, 0.4) is 0 Å². The minimum atomic E-state index is 0. The summed E-state index contributed by atoms with van der Waals surface area (Å²) in [6, 6.07) is 3.45. The Bertz CT molecular complexity index is 847. The summed E-state index contributed by atoms with van der Waals surface area (Å²) in [6.07, 6.45) is 19.0. The van der Waals surface area contributed by atoms with Gasteiger partial charge in [-0.3, -0.25) is 9.69 Å². The van der Waals surface area contributed by atoms with Crippen molar-refractivity contribution in [3.63, 3.8) is 0 Å². The molecule has 3 aliphatic heterocycles. The van der Waals surface area contributed by atoms with Crippen LogP contribution in [0, 0.1) is 5.92 Å². The van der Waals surface area contributed by atoms with Crippen molar-refractivity contribution in [2.45, 2.75) is 108 Å². The first kappa shape index (κ1) is 35.1. The van der Waals surface area contributed by atoms with Crippen LogP contribution in [0.1, 0.15) is 89.9 Å². The molecule has 2 atom stereocenters. The molecule has 3 saturated heterocycles. The maximum absolute atomic E-state index is 12.8. The number of rotatable bonds is 8. The fraction of sp³-hybridized carbons (Fsp3) is 0.828. The molecule has 1 saturated carbocycles. The van der Waals surface area contributed by atoms with Crippen molar-refractivity contribution in [1.82, 2.24) is 25.5 Å². The van der Waals surface area contributed by atoms with Crippen molar-refractivity contribution in [2.24, 2.45) is 5.92 Å². The zero-order chi connectivity index (χ0) is 25.3. The summed E-state index contributed by atoms with van der Waals surface area (Å²) in [4.78, 5) is 27.7. The molecule has 0 spiro atoms. The zero-order valence-corrected chi connectivity index (χ0v) is 26.5. The number of piperidine rings is 2. The van der Waals surface area contributed by atoms with E-state index in [0.29, 0.717) is 18.1 Å². The lowest BCUT2D eigenvalue weighted by Gasteiger charge is -2.47. The monoisotopic (exact) mass is 619 g/mol. The first-order chi connectivity index (χ1) is 18.3. The van der Waals surface area contributed by atoms with E-state index in [1.807, 2.05) is 6.20 Å². The van der Waals surface area contributed by atoms with Crippen LogP contribution in [0.25, 0.3) is 0 Å². The minimum absolute atomic E-state index is 0. The van der Waals surface area contributed by atoms with Gasteiger partial charge in [0.15, 0.2) is 0 Å². The minimum Gasteiger partial charge on any atom is -0.356 e. The largest absolute Gasteiger partial charge is 0.356 e. The Balaban J connectivity index is 0.00000187. The number of anilines is 2. The van der Waals surface area contributed by atoms with Crippen molar-refractivity contribution in [2.75, 3.05) is 49.5 Å². The molecule has 3 N–H and O–H groups in total. The molecule has 1 aromatic rings. The number of carbonyl (C=O) groups is 1. The molecule has 4 fully saturated rings. The van der Waals surface area contributed by atoms with E-state index in [1.165, 1.54) is 70.8 Å². The predicted octanol–water partition coefficient (Wildman–Crippen LogP) is 5.21. The smallest absolute Gasteiger partial charge is 0.224 e. The lowest BCUT2D eigenvalue weighted by atomic mass is 9.87. The summed E-state index contributed by atoms with van der Waals surface area (Å²) in [7, 11) is 0. The van der Waals surface area contributed by atoms with E-state index in [9.17, 15) is 4.79 Å². The lowest BCUT2D eigenvalue weighted by Crippen LogP contribution is -2.56. The Morgan fingerprint density at radius 2 is 1.57 bits per heavy atom. The Labute approximate surface area is 260 Å². The van der Waals surface area contributed by atoms with Crippen LogP contribution in [0.2, 0.25) is 0 Å². The topological polar surface area (TPSA) is 85.4 Å². The predicted molar refractivity (Wildman–Crippen MR) is 172 cm³/mol. The van der Waals surface area contributed by atoms with Gasteiger partial charge >= 0.3 is 0 Å². The molecule has 230 valence electrons. The van der Waals surface area contributed by atoms with Gasteiger partial charge in [0.1, 0.15) is 5.82 Å². The van der Waals surface area contributed by atoms with Gasteiger partial charge in [-0.2, -0.15) is 4.98 Å². The number of halogens is 3. The van der Waals surface area contributed by atoms with Gasteiger partial charge in [0.2, 0.25) is 11.9 Å². The second-order valence-corrected chi connectivity index (χ2v) is 11.7. The molecule has 0 bridgehead atoms. The van der Waals surface area contributed by atoms with Crippen LogP contribution in [0.15, 0.2) is 12.3 Å². The number of nitrogens with one attached hydrogen (secondary N) is 3. The molecular weight excluding hydrogens is 569 g/mol. The van der Waals surface area contributed by atoms with Gasteiger partial charge in [-0.15, -0.1) is 37.2 Å². The number of carbonyl (C=O) groups excluding carboxylic acids is 1. The normalized spacial score (nSPS) is 24.9. The van der Waals surface area contributed by atoms with E-state index >= 15 is 0 Å². The van der Waals surface area contributed by atoms with Crippen molar-refractivity contribution in [1.29, 1.82) is 0 Å². The van der Waals surface area contributed by atoms with Gasteiger partial charge in [0, 0.05) is 49.9 Å². The van der Waals surface area contributed by atoms with E-state index in [4.69, 9.17) is 4.98 Å². The second-order valence-electron chi connectivity index (χ2n) is 11.7. The fourth-order valence-electron chi connectivity index (χ4n) is 7.12. The van der Waals surface area contributed by atoms with Crippen LogP contribution in [0.4, 0.5) is 11.8 Å². The summed E-state index contributed by atoms with van der Waals surface area (Å²) in [6.45, 7) is 6.02. The fourth-order valence-corrected chi connectivity index (χ4v) is 7.12. The Hall–Kier alpha value is -1.06. The van der Waals surface area contributed by atoms with Crippen LogP contribution in [-0.2, 0) is 4.79 Å². The molecule has 0 aromatic carbocycles. The summed E-state index contributed by atoms with van der Waals surface area (Å²) in [5, 5.41) is 10.5. The standard InChI is InChI=1S/C29H49N7O.3ClH/c37-28(23-12-16-30-17-13-23)31-18-14-26-25(11-8-22-36(26)24-9-4-3-5-10-24)33-29-32-19-15-27(34-29)35-20-6-1-2-7-21-35;;;/h15,19,23-26,30H,1-14,16-18,20-22H2,(H,31,37)(H,32,33,34);3*1H. The highest BCUT2D eigenvalue weighted by Gasteiger charge is 2.36. The molecule has 4 aliphatic rings. The molecule has 2 unspecified atom stereocenters. The lowest BCUT2D eigenvalue weighted by molar-refractivity contribution is -0.125. The molecule has 11 heteroatoms. The van der Waals surface area contributed by atoms with Gasteiger partial charge in [-0.1, -0.05) is 32.1 Å². The maximum atomic E-state index is 12.8. The summed E-state index contributed by atoms with van der Waals surface area (Å²) < 4.78 is 0. The molecule has 4 heterocycles. The van der Waals surface area contributed by atoms with E-state index in [1.54, 1.807) is 0 Å². The van der Waals surface area contributed by atoms with E-state index in [-0.39, 0.29) is 49.0 Å². The van der Waals surface area contributed by atoms with Crippen molar-refractivity contribution in [3.05, 3.63) is 12.3 Å². The van der Waals surface area contributed by atoms with Gasteiger partial charge in [-0.25, -0.2) is 4.98 Å². The number of hydrogen-bond donors (Lipinski definition) is 3. The number of likely N-dealkylation sites (tertiary alicyclic amines) is 1. The van der Waals surface area contributed by atoms with E-state index < -0.39 is 0 Å². The summed E-state index contributed by atoms with van der Waals surface area (Å²) in [5.41, 5.74) is 0. The number of nitrogens with zero attached hydrogens (tertiary/aromatic N) is 4. The average molecular weight is 621 g/mol. The molecule has 0 radical (unpaired) electrons. The quantitative estimate of drug-likeness (QED) is 0.368. The van der Waals surface area contributed by atoms with Crippen LogP contribution in [-0.4, -0.2) is 78.2 Å². The number of hydrogen-bond acceptors (Lipinski definition) is 7. The third-order valence-corrected chi connectivity index (χ3v) is 9.20. The van der Waals surface area contributed by atoms with E-state index in [0.717, 1.165) is 70.2 Å². The van der Waals surface area contributed by atoms with Gasteiger partial charge in [-0.05, 0) is 83.5 Å². The van der Waals surface area contributed by atoms with Gasteiger partial charge in [0.25, 0.3) is 0 Å². The number of amides is 1. The molecule has 5 rings (SSSR count). The molecule has 8 nitrogen and oxygen atoms in total. The van der Waals surface area contributed by atoms with Gasteiger partial charge < -0.3 is 20.9 Å². The molecule has 40 heavy (non-hydrogen) atoms. The van der Waals surface area contributed by atoms with Crippen LogP contribution >= 0.6 is 37.2 Å². The zero-order valence-electron chi connectivity index (χ0n) is 24.0. The van der Waals surface area contributed by atoms with Crippen molar-refractivity contribution in [3.8, 4) is 0 Å². The third kappa shape index (κ3) is 9.75. The molecule has 1 aliphatic carbocycles. The molecular formula is C29H52Cl3N7O. The molecule has 1 aromatic heterocycles. The highest BCUT2D eigenvalue weighted by Crippen LogP contribution is 2.31. The highest BCUT2D eigenvalue weighted by molar-refractivity contribution is 5.86. The summed E-state index contributed by atoms with van der Waals surface area (Å²) in [5.74, 6) is 2.25. The first-order valence-corrected chi connectivity index (χ1v) is 15.4. The van der Waals surface area contributed by atoms with E-state index in [2.05, 4.69) is 36.8 Å². The second kappa shape index (κ2) is 18.5. The van der Waals surface area contributed by atoms with Crippen LogP contribution < -0.4 is 20.9 Å². The Morgan fingerprint density at radius 1 is 0.875 bits per heavy atom. The Morgan fingerprint density at radius 3 is 2.30 bits per heavy atom. The van der Waals surface area contributed by atoms with Crippen molar-refractivity contribution < 1.29 is 4.79 Å². The SMILES string of the molecule is Cl.Cl.Cl.O=C(NCCC1C(Nc2nccc(N3CCCCCC3)n2)CCCN1C1CCCCC1)C1CCNCC1.